The van der Waals surface area contributed by atoms with Crippen molar-refractivity contribution < 1.29 is 9.90 Å². The summed E-state index contributed by atoms with van der Waals surface area (Å²) in [5.41, 5.74) is 7.11. The highest BCUT2D eigenvalue weighted by atomic mass is 16.4. The van der Waals surface area contributed by atoms with Crippen LogP contribution >= 0.6 is 0 Å². The minimum atomic E-state index is -0.893. The predicted molar refractivity (Wildman–Crippen MR) is 60.0 cm³/mol. The first-order valence-electron chi connectivity index (χ1n) is 5.09. The van der Waals surface area contributed by atoms with E-state index in [0.29, 0.717) is 23.9 Å². The van der Waals surface area contributed by atoms with Crippen LogP contribution in [0.3, 0.4) is 0 Å². The second-order valence-corrected chi connectivity index (χ2v) is 4.01. The Morgan fingerprint density at radius 1 is 1.33 bits per heavy atom. The molecule has 1 unspecified atom stereocenters. The Balaban J connectivity index is 2.92. The van der Waals surface area contributed by atoms with Gasteiger partial charge in [-0.2, -0.15) is 0 Å². The number of hydrogen-bond donors (Lipinski definition) is 2. The van der Waals surface area contributed by atoms with Crippen molar-refractivity contribution in [3.63, 3.8) is 0 Å². The summed E-state index contributed by atoms with van der Waals surface area (Å²) in [4.78, 5) is 10.7. The molecule has 0 radical (unpaired) electrons. The average molecular weight is 207 g/mol. The van der Waals surface area contributed by atoms with Crippen molar-refractivity contribution in [3.05, 3.63) is 35.4 Å². The third-order valence-electron chi connectivity index (χ3n) is 2.64. The van der Waals surface area contributed by atoms with Gasteiger partial charge in [0.2, 0.25) is 0 Å². The SMILES string of the molecule is CC(C)C(CN)c1ccc(C(=O)O)cc1. The summed E-state index contributed by atoms with van der Waals surface area (Å²) < 4.78 is 0. The maximum Gasteiger partial charge on any atom is 0.335 e. The summed E-state index contributed by atoms with van der Waals surface area (Å²) in [6.45, 7) is 4.81. The molecular weight excluding hydrogens is 190 g/mol. The molecule has 0 bridgehead atoms. The minimum absolute atomic E-state index is 0.299. The third kappa shape index (κ3) is 2.80. The first kappa shape index (κ1) is 11.7. The molecular formula is C12H17NO2. The molecule has 1 rings (SSSR count). The van der Waals surface area contributed by atoms with Gasteiger partial charge < -0.3 is 10.8 Å². The van der Waals surface area contributed by atoms with Gasteiger partial charge in [-0.15, -0.1) is 0 Å². The number of benzene rings is 1. The maximum atomic E-state index is 10.7. The summed E-state index contributed by atoms with van der Waals surface area (Å²) in [5.74, 6) is -0.131. The number of hydrogen-bond acceptors (Lipinski definition) is 2. The smallest absolute Gasteiger partial charge is 0.335 e. The van der Waals surface area contributed by atoms with Crippen LogP contribution in [-0.2, 0) is 0 Å². The highest BCUT2D eigenvalue weighted by Crippen LogP contribution is 2.23. The minimum Gasteiger partial charge on any atom is -0.478 e. The zero-order valence-corrected chi connectivity index (χ0v) is 9.10. The van der Waals surface area contributed by atoms with Crippen molar-refractivity contribution in [1.29, 1.82) is 0 Å². The Bertz CT molecular complexity index is 330. The number of carboxylic acids is 1. The number of nitrogens with two attached hydrogens (primary N) is 1. The maximum absolute atomic E-state index is 10.7. The molecule has 0 heterocycles. The molecule has 1 aromatic rings. The fraction of sp³-hybridized carbons (Fsp3) is 0.417. The summed E-state index contributed by atoms with van der Waals surface area (Å²) in [5, 5.41) is 8.76. The lowest BCUT2D eigenvalue weighted by Gasteiger charge is -2.19. The van der Waals surface area contributed by atoms with Crippen LogP contribution in [0.1, 0.15) is 35.7 Å². The largest absolute Gasteiger partial charge is 0.478 e. The highest BCUT2D eigenvalue weighted by molar-refractivity contribution is 5.87. The number of aromatic carboxylic acids is 1. The molecule has 0 aliphatic carbocycles. The Morgan fingerprint density at radius 3 is 2.20 bits per heavy atom. The van der Waals surface area contributed by atoms with E-state index in [4.69, 9.17) is 10.8 Å². The molecule has 0 fully saturated rings. The summed E-state index contributed by atoms with van der Waals surface area (Å²) in [6.07, 6.45) is 0. The van der Waals surface area contributed by atoms with Gasteiger partial charge >= 0.3 is 5.97 Å². The monoisotopic (exact) mass is 207 g/mol. The molecule has 3 N–H and O–H groups in total. The van der Waals surface area contributed by atoms with Crippen molar-refractivity contribution in [2.75, 3.05) is 6.54 Å². The van der Waals surface area contributed by atoms with Gasteiger partial charge in [-0.1, -0.05) is 26.0 Å². The van der Waals surface area contributed by atoms with E-state index in [2.05, 4.69) is 13.8 Å². The molecule has 15 heavy (non-hydrogen) atoms. The van der Waals surface area contributed by atoms with E-state index in [1.54, 1.807) is 12.1 Å². The van der Waals surface area contributed by atoms with Crippen molar-refractivity contribution in [3.8, 4) is 0 Å². The van der Waals surface area contributed by atoms with Crippen LogP contribution in [0.15, 0.2) is 24.3 Å². The molecule has 0 amide bonds. The van der Waals surface area contributed by atoms with E-state index in [-0.39, 0.29) is 0 Å². The van der Waals surface area contributed by atoms with E-state index < -0.39 is 5.97 Å². The van der Waals surface area contributed by atoms with E-state index in [0.717, 1.165) is 5.56 Å². The quantitative estimate of drug-likeness (QED) is 0.794. The highest BCUT2D eigenvalue weighted by Gasteiger charge is 2.14. The molecule has 0 aromatic heterocycles. The molecule has 0 aliphatic heterocycles. The van der Waals surface area contributed by atoms with Gasteiger partial charge in [-0.25, -0.2) is 4.79 Å². The standard InChI is InChI=1S/C12H17NO2/c1-8(2)11(7-13)9-3-5-10(6-4-9)12(14)15/h3-6,8,11H,7,13H2,1-2H3,(H,14,15). The molecule has 82 valence electrons. The lowest BCUT2D eigenvalue weighted by Crippen LogP contribution is -2.17. The number of carboxylic acid groups (broad SMARTS) is 1. The molecule has 3 nitrogen and oxygen atoms in total. The summed E-state index contributed by atoms with van der Waals surface area (Å²) >= 11 is 0. The lowest BCUT2D eigenvalue weighted by atomic mass is 9.88. The second kappa shape index (κ2) is 4.94. The Kier molecular flexibility index (Phi) is 3.86. The fourth-order valence-corrected chi connectivity index (χ4v) is 1.67. The molecule has 0 spiro atoms. The van der Waals surface area contributed by atoms with Gasteiger partial charge in [0.15, 0.2) is 0 Å². The Morgan fingerprint density at radius 2 is 1.87 bits per heavy atom. The van der Waals surface area contributed by atoms with Crippen LogP contribution in [0, 0.1) is 5.92 Å². The van der Waals surface area contributed by atoms with Crippen LogP contribution in [0.25, 0.3) is 0 Å². The Labute approximate surface area is 89.9 Å². The van der Waals surface area contributed by atoms with Crippen LogP contribution in [0.5, 0.6) is 0 Å². The van der Waals surface area contributed by atoms with Crippen molar-refractivity contribution in [2.45, 2.75) is 19.8 Å². The van der Waals surface area contributed by atoms with Gasteiger partial charge in [0.05, 0.1) is 5.56 Å². The van der Waals surface area contributed by atoms with E-state index in [1.807, 2.05) is 12.1 Å². The van der Waals surface area contributed by atoms with Crippen molar-refractivity contribution in [2.24, 2.45) is 11.7 Å². The van der Waals surface area contributed by atoms with Crippen LogP contribution in [0.2, 0.25) is 0 Å². The first-order valence-corrected chi connectivity index (χ1v) is 5.09. The van der Waals surface area contributed by atoms with Gasteiger partial charge in [-0.3, -0.25) is 0 Å². The number of carbonyl (C=O) groups is 1. The third-order valence-corrected chi connectivity index (χ3v) is 2.64. The molecule has 1 atom stereocenters. The van der Waals surface area contributed by atoms with Crippen LogP contribution in [0.4, 0.5) is 0 Å². The topological polar surface area (TPSA) is 63.3 Å². The molecule has 3 heteroatoms. The van der Waals surface area contributed by atoms with Gasteiger partial charge in [0.1, 0.15) is 0 Å². The normalized spacial score (nSPS) is 12.8. The van der Waals surface area contributed by atoms with Crippen molar-refractivity contribution >= 4 is 5.97 Å². The van der Waals surface area contributed by atoms with Crippen LogP contribution in [-0.4, -0.2) is 17.6 Å². The first-order chi connectivity index (χ1) is 7.06. The van der Waals surface area contributed by atoms with E-state index in [1.165, 1.54) is 0 Å². The average Bonchev–Trinajstić information content (AvgIpc) is 2.19. The van der Waals surface area contributed by atoms with Crippen molar-refractivity contribution in [1.82, 2.24) is 0 Å². The fourth-order valence-electron chi connectivity index (χ4n) is 1.67. The zero-order chi connectivity index (χ0) is 11.4. The van der Waals surface area contributed by atoms with E-state index >= 15 is 0 Å². The van der Waals surface area contributed by atoms with E-state index in [9.17, 15) is 4.79 Å². The number of rotatable bonds is 4. The van der Waals surface area contributed by atoms with Gasteiger partial charge in [0.25, 0.3) is 0 Å². The molecule has 0 saturated carbocycles. The zero-order valence-electron chi connectivity index (χ0n) is 9.10. The van der Waals surface area contributed by atoms with Gasteiger partial charge in [0, 0.05) is 0 Å². The molecule has 0 aliphatic rings. The van der Waals surface area contributed by atoms with Gasteiger partial charge in [-0.05, 0) is 36.1 Å². The summed E-state index contributed by atoms with van der Waals surface area (Å²) in [7, 11) is 0. The lowest BCUT2D eigenvalue weighted by molar-refractivity contribution is 0.0697. The predicted octanol–water partition coefficient (Wildman–Crippen LogP) is 2.08. The molecule has 1 aromatic carbocycles. The Hall–Kier alpha value is -1.35. The second-order valence-electron chi connectivity index (χ2n) is 4.01. The summed E-state index contributed by atoms with van der Waals surface area (Å²) in [6, 6.07) is 6.95. The van der Waals surface area contributed by atoms with Crippen LogP contribution < -0.4 is 5.73 Å². The molecule has 0 saturated heterocycles.